The lowest BCUT2D eigenvalue weighted by molar-refractivity contribution is 0.777. The van der Waals surface area contributed by atoms with E-state index >= 15 is 0 Å². The van der Waals surface area contributed by atoms with Crippen LogP contribution < -0.4 is 9.92 Å². The molecule has 2 aliphatic rings. The molecule has 0 saturated carbocycles. The highest BCUT2D eigenvalue weighted by Crippen LogP contribution is 2.61. The Balaban J connectivity index is 1.92. The number of hydrogen-bond acceptors (Lipinski definition) is 1. The van der Waals surface area contributed by atoms with E-state index in [1.54, 1.807) is 10.1 Å². The zero-order valence-corrected chi connectivity index (χ0v) is 17.4. The van der Waals surface area contributed by atoms with E-state index in [2.05, 4.69) is 63.3 Å². The third kappa shape index (κ3) is 2.72. The van der Waals surface area contributed by atoms with Gasteiger partial charge in [0.15, 0.2) is 0 Å². The van der Waals surface area contributed by atoms with Crippen LogP contribution in [0.2, 0.25) is 0 Å². The molecule has 0 bridgehead atoms. The summed E-state index contributed by atoms with van der Waals surface area (Å²) in [6, 6.07) is 9.29. The molecule has 4 atom stereocenters. The minimum Gasteiger partial charge on any atom is -0.135 e. The average Bonchev–Trinajstić information content (AvgIpc) is 3.16. The van der Waals surface area contributed by atoms with E-state index in [4.69, 9.17) is 0 Å². The highest BCUT2D eigenvalue weighted by Gasteiger charge is 2.39. The minimum absolute atomic E-state index is 0.0262. The van der Waals surface area contributed by atoms with Crippen molar-refractivity contribution in [2.75, 3.05) is 0 Å². The minimum atomic E-state index is 0.0262. The summed E-state index contributed by atoms with van der Waals surface area (Å²) in [5, 5.41) is 3.47. The summed E-state index contributed by atoms with van der Waals surface area (Å²) in [5.74, 6) is 0. The summed E-state index contributed by atoms with van der Waals surface area (Å²) in [6.45, 7) is 10.1. The van der Waals surface area contributed by atoms with Gasteiger partial charge in [0.25, 0.3) is 0 Å². The second-order valence-corrected chi connectivity index (χ2v) is 15.0. The Hall–Kier alpha value is 0.0400. The Bertz CT molecular complexity index is 687. The van der Waals surface area contributed by atoms with Gasteiger partial charge in [-0.05, 0) is 54.4 Å². The largest absolute Gasteiger partial charge is 0.135 e. The van der Waals surface area contributed by atoms with Crippen molar-refractivity contribution in [1.82, 2.24) is 0 Å². The van der Waals surface area contributed by atoms with Gasteiger partial charge >= 0.3 is 0 Å². The Morgan fingerprint density at radius 2 is 1.30 bits per heavy atom. The molecule has 4 rings (SSSR count). The molecule has 0 aliphatic carbocycles. The van der Waals surface area contributed by atoms with E-state index in [1.807, 2.05) is 9.92 Å². The van der Waals surface area contributed by atoms with E-state index in [0.717, 1.165) is 22.6 Å². The molecular formula is C20H28P2S. The fraction of sp³-hybridized carbons (Fsp3) is 0.600. The van der Waals surface area contributed by atoms with Gasteiger partial charge in [0.1, 0.15) is 0 Å². The van der Waals surface area contributed by atoms with Crippen LogP contribution in [-0.4, -0.2) is 22.6 Å². The Morgan fingerprint density at radius 1 is 0.783 bits per heavy atom. The maximum atomic E-state index is 2.53. The molecular weight excluding hydrogens is 334 g/mol. The van der Waals surface area contributed by atoms with Gasteiger partial charge in [0, 0.05) is 20.0 Å². The van der Waals surface area contributed by atoms with Gasteiger partial charge in [-0.25, -0.2) is 0 Å². The molecule has 0 unspecified atom stereocenters. The molecule has 0 N–H and O–H groups in total. The summed E-state index contributed by atoms with van der Waals surface area (Å²) in [5.41, 5.74) is 3.69. The molecule has 3 heteroatoms. The third-order valence-corrected chi connectivity index (χ3v) is 14.7. The summed E-state index contributed by atoms with van der Waals surface area (Å²) in [6.07, 6.45) is 5.78. The fourth-order valence-corrected chi connectivity index (χ4v) is 14.7. The fourth-order valence-electron chi connectivity index (χ4n) is 4.67. The first-order chi connectivity index (χ1) is 11.1. The molecule has 0 nitrogen and oxygen atoms in total. The molecule has 1 aromatic heterocycles. The van der Waals surface area contributed by atoms with Crippen LogP contribution in [0.25, 0.3) is 10.1 Å². The first-order valence-corrected chi connectivity index (χ1v) is 12.9. The molecule has 2 aromatic rings. The van der Waals surface area contributed by atoms with Crippen LogP contribution in [0.5, 0.6) is 0 Å². The summed E-state index contributed by atoms with van der Waals surface area (Å²) < 4.78 is 3.41. The second-order valence-electron chi connectivity index (χ2n) is 7.62. The SMILES string of the molecule is C[C@@H]1CC[C@@H](C)P1c1sc2ccccc2c1P1[C@H](C)CC[C@H]1C. The van der Waals surface area contributed by atoms with Crippen LogP contribution in [0.15, 0.2) is 24.3 Å². The van der Waals surface area contributed by atoms with Gasteiger partial charge < -0.3 is 0 Å². The maximum absolute atomic E-state index is 2.53. The van der Waals surface area contributed by atoms with Crippen molar-refractivity contribution in [2.24, 2.45) is 0 Å². The number of hydrogen-bond donors (Lipinski definition) is 0. The van der Waals surface area contributed by atoms with Crippen molar-refractivity contribution in [3.05, 3.63) is 24.3 Å². The summed E-state index contributed by atoms with van der Waals surface area (Å²) >= 11 is 2.16. The maximum Gasteiger partial charge on any atom is 0.0372 e. The molecule has 3 heterocycles. The molecule has 23 heavy (non-hydrogen) atoms. The average molecular weight is 362 g/mol. The standard InChI is InChI=1S/C20H28P2S/c1-13-9-10-14(2)21(13)19-17-7-5-6-8-18(17)23-20(19)22-15(3)11-12-16(22)4/h5-8,13-16H,9-12H2,1-4H3/t13-,14-,15-,16-/m1/s1. The topological polar surface area (TPSA) is 0 Å². The summed E-state index contributed by atoms with van der Waals surface area (Å²) in [7, 11) is 0.0764. The van der Waals surface area contributed by atoms with Crippen LogP contribution in [0, 0.1) is 0 Å². The monoisotopic (exact) mass is 362 g/mol. The van der Waals surface area contributed by atoms with Crippen LogP contribution in [0.1, 0.15) is 53.4 Å². The van der Waals surface area contributed by atoms with Crippen LogP contribution in [0.3, 0.4) is 0 Å². The zero-order valence-electron chi connectivity index (χ0n) is 14.7. The zero-order chi connectivity index (χ0) is 16.1. The lowest BCUT2D eigenvalue weighted by atomic mass is 10.2. The van der Waals surface area contributed by atoms with E-state index in [9.17, 15) is 0 Å². The van der Waals surface area contributed by atoms with E-state index in [0.29, 0.717) is 0 Å². The first kappa shape index (κ1) is 16.5. The van der Waals surface area contributed by atoms with Crippen LogP contribution in [-0.2, 0) is 0 Å². The Kier molecular flexibility index (Phi) is 4.59. The highest BCUT2D eigenvalue weighted by atomic mass is 32.1. The Labute approximate surface area is 147 Å². The van der Waals surface area contributed by atoms with Crippen molar-refractivity contribution in [3.8, 4) is 0 Å². The number of fused-ring (bicyclic) bond motifs is 1. The molecule has 2 aliphatic heterocycles. The van der Waals surface area contributed by atoms with Gasteiger partial charge in [0.05, 0.1) is 0 Å². The van der Waals surface area contributed by atoms with Gasteiger partial charge in [-0.1, -0.05) is 61.7 Å². The van der Waals surface area contributed by atoms with Crippen molar-refractivity contribution in [2.45, 2.75) is 76.0 Å². The van der Waals surface area contributed by atoms with E-state index in [-0.39, 0.29) is 15.8 Å². The predicted molar refractivity (Wildman–Crippen MR) is 111 cm³/mol. The van der Waals surface area contributed by atoms with Gasteiger partial charge in [-0.2, -0.15) is 0 Å². The smallest absolute Gasteiger partial charge is 0.0372 e. The molecule has 0 radical (unpaired) electrons. The van der Waals surface area contributed by atoms with Gasteiger partial charge in [-0.3, -0.25) is 0 Å². The molecule has 1 aromatic carbocycles. The quantitative estimate of drug-likeness (QED) is 0.553. The van der Waals surface area contributed by atoms with E-state index in [1.165, 1.54) is 25.7 Å². The Morgan fingerprint density at radius 3 is 1.91 bits per heavy atom. The molecule has 0 spiro atoms. The van der Waals surface area contributed by atoms with Crippen molar-refractivity contribution in [3.63, 3.8) is 0 Å². The molecule has 2 saturated heterocycles. The number of benzene rings is 1. The van der Waals surface area contributed by atoms with Crippen molar-refractivity contribution in [1.29, 1.82) is 0 Å². The molecule has 2 fully saturated rings. The van der Waals surface area contributed by atoms with Crippen LogP contribution in [0.4, 0.5) is 0 Å². The second kappa shape index (κ2) is 6.40. The third-order valence-electron chi connectivity index (χ3n) is 5.95. The number of thiophene rings is 1. The van der Waals surface area contributed by atoms with Crippen molar-refractivity contribution < 1.29 is 0 Å². The summed E-state index contributed by atoms with van der Waals surface area (Å²) in [4.78, 5) is 0. The molecule has 0 amide bonds. The van der Waals surface area contributed by atoms with Gasteiger partial charge in [-0.15, -0.1) is 11.3 Å². The highest BCUT2D eigenvalue weighted by molar-refractivity contribution is 7.79. The molecule has 124 valence electrons. The normalized spacial score (nSPS) is 33.0. The lowest BCUT2D eigenvalue weighted by Gasteiger charge is -2.27. The van der Waals surface area contributed by atoms with Gasteiger partial charge in [0.2, 0.25) is 0 Å². The lowest BCUT2D eigenvalue weighted by Crippen LogP contribution is -2.25. The van der Waals surface area contributed by atoms with Crippen molar-refractivity contribution >= 4 is 47.2 Å². The van der Waals surface area contributed by atoms with Crippen LogP contribution >= 0.6 is 27.2 Å². The number of rotatable bonds is 2. The van der Waals surface area contributed by atoms with E-state index < -0.39 is 0 Å². The first-order valence-electron chi connectivity index (χ1n) is 9.16. The predicted octanol–water partition coefficient (Wildman–Crippen LogP) is 6.26.